The molecule has 0 fully saturated rings. The Labute approximate surface area is 112 Å². The van der Waals surface area contributed by atoms with E-state index in [1.165, 1.54) is 13.2 Å². The highest BCUT2D eigenvalue weighted by Crippen LogP contribution is 2.28. The first-order chi connectivity index (χ1) is 9.19. The van der Waals surface area contributed by atoms with Gasteiger partial charge in [-0.3, -0.25) is 10.1 Å². The molecule has 6 heteroatoms. The molecule has 1 aromatic rings. The number of ether oxygens (including phenoxy) is 1. The van der Waals surface area contributed by atoms with E-state index in [0.717, 1.165) is 25.7 Å². The van der Waals surface area contributed by atoms with Gasteiger partial charge in [-0.2, -0.15) is 0 Å². The van der Waals surface area contributed by atoms with Gasteiger partial charge >= 0.3 is 0 Å². The quantitative estimate of drug-likeness (QED) is 0.408. The van der Waals surface area contributed by atoms with Crippen molar-refractivity contribution in [2.45, 2.75) is 25.7 Å². The van der Waals surface area contributed by atoms with Crippen LogP contribution in [0.4, 0.5) is 11.4 Å². The summed E-state index contributed by atoms with van der Waals surface area (Å²) in [6.07, 6.45) is 3.70. The van der Waals surface area contributed by atoms with Crippen LogP contribution in [0.2, 0.25) is 0 Å². The highest BCUT2D eigenvalue weighted by Gasteiger charge is 2.14. The van der Waals surface area contributed by atoms with Crippen LogP contribution in [0, 0.1) is 10.1 Å². The number of methoxy groups -OCH3 is 1. The number of nitrogens with zero attached hydrogens (tertiary/aromatic N) is 1. The topological polar surface area (TPSA) is 84.6 Å². The van der Waals surface area contributed by atoms with Gasteiger partial charge in [0.05, 0.1) is 18.1 Å². The van der Waals surface area contributed by atoms with Crippen molar-refractivity contribution < 1.29 is 14.8 Å². The third-order valence-corrected chi connectivity index (χ3v) is 2.80. The third kappa shape index (κ3) is 5.13. The molecule has 0 aliphatic rings. The summed E-state index contributed by atoms with van der Waals surface area (Å²) in [4.78, 5) is 10.5. The summed E-state index contributed by atoms with van der Waals surface area (Å²) in [5, 5.41) is 22.7. The zero-order valence-electron chi connectivity index (χ0n) is 11.1. The molecule has 0 bridgehead atoms. The van der Waals surface area contributed by atoms with E-state index < -0.39 is 4.92 Å². The number of nitrogens with one attached hydrogen (secondary N) is 1. The fourth-order valence-electron chi connectivity index (χ4n) is 1.75. The first-order valence-electron chi connectivity index (χ1n) is 6.36. The van der Waals surface area contributed by atoms with Crippen molar-refractivity contribution in [3.63, 3.8) is 0 Å². The zero-order valence-corrected chi connectivity index (χ0v) is 11.1. The molecular weight excluding hydrogens is 248 g/mol. The Balaban J connectivity index is 2.50. The minimum absolute atomic E-state index is 0.0229. The predicted octanol–water partition coefficient (Wildman–Crippen LogP) is 2.57. The molecule has 106 valence electrons. The van der Waals surface area contributed by atoms with Gasteiger partial charge in [-0.05, 0) is 25.0 Å². The number of benzene rings is 1. The van der Waals surface area contributed by atoms with Crippen molar-refractivity contribution in [1.82, 2.24) is 0 Å². The van der Waals surface area contributed by atoms with E-state index in [0.29, 0.717) is 18.0 Å². The number of rotatable bonds is 9. The second-order valence-corrected chi connectivity index (χ2v) is 4.20. The van der Waals surface area contributed by atoms with Crippen LogP contribution >= 0.6 is 0 Å². The van der Waals surface area contributed by atoms with Crippen LogP contribution in [0.5, 0.6) is 5.75 Å². The highest BCUT2D eigenvalue weighted by atomic mass is 16.6. The molecule has 0 aromatic heterocycles. The van der Waals surface area contributed by atoms with Crippen LogP contribution in [-0.4, -0.2) is 30.3 Å². The molecule has 0 unspecified atom stereocenters. The Kier molecular flexibility index (Phi) is 6.67. The lowest BCUT2D eigenvalue weighted by Crippen LogP contribution is -2.04. The lowest BCUT2D eigenvalue weighted by molar-refractivity contribution is -0.384. The van der Waals surface area contributed by atoms with Gasteiger partial charge in [0.25, 0.3) is 5.69 Å². The summed E-state index contributed by atoms with van der Waals surface area (Å²) in [5.41, 5.74) is 0.530. The van der Waals surface area contributed by atoms with Crippen molar-refractivity contribution in [2.24, 2.45) is 0 Å². The standard InChI is InChI=1S/C13H20N2O4/c1-19-11-6-7-12(13(10-11)15(17)18)14-8-4-2-3-5-9-16/h6-7,10,14,16H,2-5,8-9H2,1H3. The van der Waals surface area contributed by atoms with Crippen molar-refractivity contribution >= 4 is 11.4 Å². The summed E-state index contributed by atoms with van der Waals surface area (Å²) in [6.45, 7) is 0.899. The predicted molar refractivity (Wildman–Crippen MR) is 73.7 cm³/mol. The van der Waals surface area contributed by atoms with E-state index >= 15 is 0 Å². The number of aliphatic hydroxyl groups is 1. The maximum Gasteiger partial charge on any atom is 0.296 e. The summed E-state index contributed by atoms with van der Waals surface area (Å²) in [5.74, 6) is 0.472. The molecule has 0 amide bonds. The van der Waals surface area contributed by atoms with Crippen molar-refractivity contribution in [2.75, 3.05) is 25.6 Å². The van der Waals surface area contributed by atoms with Crippen LogP contribution in [0.15, 0.2) is 18.2 Å². The van der Waals surface area contributed by atoms with Crippen LogP contribution < -0.4 is 10.1 Å². The van der Waals surface area contributed by atoms with Crippen molar-refractivity contribution in [1.29, 1.82) is 0 Å². The minimum atomic E-state index is -0.420. The van der Waals surface area contributed by atoms with Crippen LogP contribution in [0.1, 0.15) is 25.7 Å². The molecule has 1 rings (SSSR count). The molecule has 0 heterocycles. The highest BCUT2D eigenvalue weighted by molar-refractivity contribution is 5.63. The molecule has 0 radical (unpaired) electrons. The summed E-state index contributed by atoms with van der Waals surface area (Å²) >= 11 is 0. The van der Waals surface area contributed by atoms with Crippen molar-refractivity contribution in [3.05, 3.63) is 28.3 Å². The number of hydrogen-bond acceptors (Lipinski definition) is 5. The fraction of sp³-hybridized carbons (Fsp3) is 0.538. The van der Waals surface area contributed by atoms with Crippen LogP contribution in [-0.2, 0) is 0 Å². The van der Waals surface area contributed by atoms with Gasteiger partial charge in [-0.1, -0.05) is 12.8 Å². The second-order valence-electron chi connectivity index (χ2n) is 4.20. The van der Waals surface area contributed by atoms with Gasteiger partial charge in [0.15, 0.2) is 0 Å². The monoisotopic (exact) mass is 268 g/mol. The average Bonchev–Trinajstić information content (AvgIpc) is 2.42. The number of hydrogen-bond donors (Lipinski definition) is 2. The normalized spacial score (nSPS) is 10.2. The fourth-order valence-corrected chi connectivity index (χ4v) is 1.75. The van der Waals surface area contributed by atoms with Gasteiger partial charge in [0.1, 0.15) is 11.4 Å². The number of anilines is 1. The lowest BCUT2D eigenvalue weighted by Gasteiger charge is -2.08. The molecule has 1 aromatic carbocycles. The Morgan fingerprint density at radius 3 is 2.68 bits per heavy atom. The van der Waals surface area contributed by atoms with Crippen molar-refractivity contribution in [3.8, 4) is 5.75 Å². The number of nitro groups is 1. The molecule has 6 nitrogen and oxygen atoms in total. The first kappa shape index (κ1) is 15.2. The molecule has 0 aliphatic heterocycles. The molecular formula is C13H20N2O4. The lowest BCUT2D eigenvalue weighted by atomic mass is 10.2. The number of unbranched alkanes of at least 4 members (excludes halogenated alkanes) is 3. The Morgan fingerprint density at radius 1 is 1.32 bits per heavy atom. The van der Waals surface area contributed by atoms with E-state index in [1.807, 2.05) is 0 Å². The summed E-state index contributed by atoms with van der Waals surface area (Å²) in [7, 11) is 1.48. The molecule has 0 aliphatic carbocycles. The summed E-state index contributed by atoms with van der Waals surface area (Å²) in [6, 6.07) is 4.76. The largest absolute Gasteiger partial charge is 0.496 e. The second kappa shape index (κ2) is 8.31. The van der Waals surface area contributed by atoms with Crippen LogP contribution in [0.25, 0.3) is 0 Å². The van der Waals surface area contributed by atoms with E-state index in [2.05, 4.69) is 5.32 Å². The van der Waals surface area contributed by atoms with E-state index in [-0.39, 0.29) is 12.3 Å². The molecule has 19 heavy (non-hydrogen) atoms. The smallest absolute Gasteiger partial charge is 0.296 e. The van der Waals surface area contributed by atoms with Gasteiger partial charge in [0, 0.05) is 13.2 Å². The Morgan fingerprint density at radius 2 is 2.05 bits per heavy atom. The molecule has 0 saturated carbocycles. The number of aliphatic hydroxyl groups excluding tert-OH is 1. The summed E-state index contributed by atoms with van der Waals surface area (Å²) < 4.78 is 4.97. The van der Waals surface area contributed by atoms with Gasteiger partial charge < -0.3 is 15.2 Å². The van der Waals surface area contributed by atoms with Gasteiger partial charge in [-0.25, -0.2) is 0 Å². The average molecular weight is 268 g/mol. The number of nitro benzene ring substituents is 1. The molecule has 0 spiro atoms. The third-order valence-electron chi connectivity index (χ3n) is 2.80. The SMILES string of the molecule is COc1ccc(NCCCCCCO)c([N+](=O)[O-])c1. The maximum absolute atomic E-state index is 10.9. The van der Waals surface area contributed by atoms with E-state index in [1.54, 1.807) is 12.1 Å². The van der Waals surface area contributed by atoms with E-state index in [9.17, 15) is 10.1 Å². The molecule has 0 saturated heterocycles. The van der Waals surface area contributed by atoms with Crippen LogP contribution in [0.3, 0.4) is 0 Å². The molecule has 0 atom stereocenters. The minimum Gasteiger partial charge on any atom is -0.496 e. The van der Waals surface area contributed by atoms with E-state index in [4.69, 9.17) is 9.84 Å². The zero-order chi connectivity index (χ0) is 14.1. The Hall–Kier alpha value is -1.82. The van der Waals surface area contributed by atoms with Gasteiger partial charge in [0.2, 0.25) is 0 Å². The van der Waals surface area contributed by atoms with Gasteiger partial charge in [-0.15, -0.1) is 0 Å². The Bertz CT molecular complexity index is 410. The molecule has 2 N–H and O–H groups in total. The maximum atomic E-state index is 10.9. The first-order valence-corrected chi connectivity index (χ1v) is 6.36.